The molecular weight excluding hydrogens is 256 g/mol. The molecule has 2 N–H and O–H groups in total. The van der Waals surface area contributed by atoms with Crippen LogP contribution in [0.15, 0.2) is 24.3 Å². The van der Waals surface area contributed by atoms with E-state index in [1.165, 1.54) is 0 Å². The fourth-order valence-corrected chi connectivity index (χ4v) is 1.51. The van der Waals surface area contributed by atoms with E-state index in [4.69, 9.17) is 4.74 Å². The van der Waals surface area contributed by atoms with Gasteiger partial charge in [-0.25, -0.2) is 9.59 Å². The number of carbonyl (C=O) groups excluding carboxylic acids is 2. The third-order valence-corrected chi connectivity index (χ3v) is 2.53. The Morgan fingerprint density at radius 3 is 2.40 bits per heavy atom. The largest absolute Gasteiger partial charge is 0.462 e. The highest BCUT2D eigenvalue weighted by atomic mass is 16.5. The molecule has 20 heavy (non-hydrogen) atoms. The molecule has 0 saturated carbocycles. The second kappa shape index (κ2) is 8.19. The lowest BCUT2D eigenvalue weighted by Gasteiger charge is -2.10. The average molecular weight is 278 g/mol. The number of ether oxygens (including phenoxy) is 1. The van der Waals surface area contributed by atoms with Gasteiger partial charge in [0.15, 0.2) is 0 Å². The fraction of sp³-hybridized carbons (Fsp3) is 0.467. The average Bonchev–Trinajstić information content (AvgIpc) is 2.38. The van der Waals surface area contributed by atoms with Gasteiger partial charge in [-0.05, 0) is 44.5 Å². The molecule has 0 radical (unpaired) electrons. The van der Waals surface area contributed by atoms with Gasteiger partial charge in [0.25, 0.3) is 0 Å². The number of unbranched alkanes of at least 4 members (excludes halogenated alkanes) is 1. The van der Waals surface area contributed by atoms with Gasteiger partial charge in [0.1, 0.15) is 0 Å². The van der Waals surface area contributed by atoms with Gasteiger partial charge in [0.2, 0.25) is 0 Å². The lowest BCUT2D eigenvalue weighted by atomic mass is 10.2. The molecule has 110 valence electrons. The number of anilines is 1. The predicted octanol–water partition coefficient (Wildman–Crippen LogP) is 3.17. The second-order valence-corrected chi connectivity index (χ2v) is 4.82. The van der Waals surface area contributed by atoms with Crippen LogP contribution in [0, 0.1) is 0 Å². The maximum Gasteiger partial charge on any atom is 0.338 e. The lowest BCUT2D eigenvalue weighted by molar-refractivity contribution is 0.0500. The molecule has 0 aromatic heterocycles. The van der Waals surface area contributed by atoms with Gasteiger partial charge in [0.05, 0.1) is 12.2 Å². The molecule has 1 rings (SSSR count). The summed E-state index contributed by atoms with van der Waals surface area (Å²) in [6.45, 7) is 6.24. The van der Waals surface area contributed by atoms with Crippen molar-refractivity contribution in [3.63, 3.8) is 0 Å². The monoisotopic (exact) mass is 278 g/mol. The first-order valence-electron chi connectivity index (χ1n) is 6.87. The second-order valence-electron chi connectivity index (χ2n) is 4.82. The summed E-state index contributed by atoms with van der Waals surface area (Å²) in [6, 6.07) is 6.44. The van der Waals surface area contributed by atoms with Crippen LogP contribution in [0.3, 0.4) is 0 Å². The minimum Gasteiger partial charge on any atom is -0.462 e. The van der Waals surface area contributed by atoms with Gasteiger partial charge in [0, 0.05) is 11.7 Å². The zero-order chi connectivity index (χ0) is 15.0. The van der Waals surface area contributed by atoms with Crippen molar-refractivity contribution in [3.8, 4) is 0 Å². The number of amides is 2. The minimum absolute atomic E-state index is 0.0721. The molecule has 0 unspecified atom stereocenters. The Morgan fingerprint density at radius 1 is 1.20 bits per heavy atom. The third-order valence-electron chi connectivity index (χ3n) is 2.53. The molecule has 0 fully saturated rings. The molecule has 0 bridgehead atoms. The number of hydrogen-bond donors (Lipinski definition) is 2. The van der Waals surface area contributed by atoms with E-state index < -0.39 is 0 Å². The van der Waals surface area contributed by atoms with Gasteiger partial charge in [-0.15, -0.1) is 0 Å². The van der Waals surface area contributed by atoms with Crippen molar-refractivity contribution in [3.05, 3.63) is 29.8 Å². The summed E-state index contributed by atoms with van der Waals surface area (Å²) < 4.78 is 5.10. The Hall–Kier alpha value is -2.04. The maximum absolute atomic E-state index is 11.7. The summed E-state index contributed by atoms with van der Waals surface area (Å²) in [4.78, 5) is 23.2. The zero-order valence-electron chi connectivity index (χ0n) is 12.2. The molecule has 1 aromatic rings. The van der Waals surface area contributed by atoms with Crippen LogP contribution in [0.5, 0.6) is 0 Å². The number of hydrogen-bond acceptors (Lipinski definition) is 3. The van der Waals surface area contributed by atoms with Crippen LogP contribution in [0.1, 0.15) is 44.0 Å². The molecule has 0 aliphatic carbocycles. The van der Waals surface area contributed by atoms with Gasteiger partial charge in [-0.2, -0.15) is 0 Å². The van der Waals surface area contributed by atoms with E-state index in [2.05, 4.69) is 10.6 Å². The Bertz CT molecular complexity index is 441. The normalized spacial score (nSPS) is 10.2. The van der Waals surface area contributed by atoms with Crippen molar-refractivity contribution in [2.75, 3.05) is 11.9 Å². The van der Waals surface area contributed by atoms with E-state index in [0.717, 1.165) is 12.8 Å². The highest BCUT2D eigenvalue weighted by molar-refractivity contribution is 5.92. The van der Waals surface area contributed by atoms with Crippen molar-refractivity contribution < 1.29 is 14.3 Å². The number of esters is 1. The number of nitrogens with one attached hydrogen (secondary N) is 2. The summed E-state index contributed by atoms with van der Waals surface area (Å²) in [5.74, 6) is -0.336. The fourth-order valence-electron chi connectivity index (χ4n) is 1.51. The van der Waals surface area contributed by atoms with Crippen LogP contribution in [0.4, 0.5) is 10.5 Å². The van der Waals surface area contributed by atoms with Crippen LogP contribution in [0.2, 0.25) is 0 Å². The zero-order valence-corrected chi connectivity index (χ0v) is 12.2. The Morgan fingerprint density at radius 2 is 1.85 bits per heavy atom. The standard InChI is InChI=1S/C15H22N2O3/c1-4-5-10-20-14(18)12-6-8-13(9-7-12)17-15(19)16-11(2)3/h6-9,11H,4-5,10H2,1-3H3,(H2,16,17,19). The number of urea groups is 1. The van der Waals surface area contributed by atoms with Gasteiger partial charge >= 0.3 is 12.0 Å². The van der Waals surface area contributed by atoms with Crippen LogP contribution in [-0.4, -0.2) is 24.6 Å². The van der Waals surface area contributed by atoms with Crippen molar-refractivity contribution in [2.24, 2.45) is 0 Å². The Labute approximate surface area is 119 Å². The molecule has 5 nitrogen and oxygen atoms in total. The van der Waals surface area contributed by atoms with E-state index in [9.17, 15) is 9.59 Å². The summed E-state index contributed by atoms with van der Waals surface area (Å²) in [7, 11) is 0. The quantitative estimate of drug-likeness (QED) is 0.620. The molecular formula is C15H22N2O3. The molecule has 0 heterocycles. The van der Waals surface area contributed by atoms with Gasteiger partial charge in [-0.3, -0.25) is 0 Å². The highest BCUT2D eigenvalue weighted by Crippen LogP contribution is 2.10. The van der Waals surface area contributed by atoms with Crippen molar-refractivity contribution in [1.82, 2.24) is 5.32 Å². The number of carbonyl (C=O) groups is 2. The highest BCUT2D eigenvalue weighted by Gasteiger charge is 2.08. The van der Waals surface area contributed by atoms with Crippen LogP contribution >= 0.6 is 0 Å². The first kappa shape index (κ1) is 16.0. The molecule has 0 aliphatic rings. The smallest absolute Gasteiger partial charge is 0.338 e. The lowest BCUT2D eigenvalue weighted by Crippen LogP contribution is -2.34. The topological polar surface area (TPSA) is 67.4 Å². The van der Waals surface area contributed by atoms with E-state index in [0.29, 0.717) is 17.9 Å². The molecule has 0 aliphatic heterocycles. The third kappa shape index (κ3) is 5.73. The Balaban J connectivity index is 2.51. The Kier molecular flexibility index (Phi) is 6.56. The molecule has 0 spiro atoms. The number of benzene rings is 1. The molecule has 0 saturated heterocycles. The van der Waals surface area contributed by atoms with Crippen molar-refractivity contribution in [2.45, 2.75) is 39.7 Å². The van der Waals surface area contributed by atoms with Crippen molar-refractivity contribution in [1.29, 1.82) is 0 Å². The molecule has 5 heteroatoms. The first-order valence-corrected chi connectivity index (χ1v) is 6.87. The van der Waals surface area contributed by atoms with Gasteiger partial charge < -0.3 is 15.4 Å². The van der Waals surface area contributed by atoms with Gasteiger partial charge in [-0.1, -0.05) is 13.3 Å². The van der Waals surface area contributed by atoms with Crippen LogP contribution in [-0.2, 0) is 4.74 Å². The summed E-state index contributed by atoms with van der Waals surface area (Å²) in [5, 5.41) is 5.41. The SMILES string of the molecule is CCCCOC(=O)c1ccc(NC(=O)NC(C)C)cc1. The van der Waals surface area contributed by atoms with Crippen LogP contribution < -0.4 is 10.6 Å². The van der Waals surface area contributed by atoms with E-state index in [1.54, 1.807) is 24.3 Å². The van der Waals surface area contributed by atoms with E-state index in [1.807, 2.05) is 20.8 Å². The summed E-state index contributed by atoms with van der Waals surface area (Å²) in [6.07, 6.45) is 1.85. The summed E-state index contributed by atoms with van der Waals surface area (Å²) >= 11 is 0. The van der Waals surface area contributed by atoms with E-state index in [-0.39, 0.29) is 18.0 Å². The predicted molar refractivity (Wildman–Crippen MR) is 78.9 cm³/mol. The molecule has 2 amide bonds. The van der Waals surface area contributed by atoms with Crippen molar-refractivity contribution >= 4 is 17.7 Å². The van der Waals surface area contributed by atoms with Crippen LogP contribution in [0.25, 0.3) is 0 Å². The first-order chi connectivity index (χ1) is 9.52. The number of rotatable bonds is 6. The maximum atomic E-state index is 11.7. The minimum atomic E-state index is -0.336. The molecule has 0 atom stereocenters. The van der Waals surface area contributed by atoms with E-state index >= 15 is 0 Å². The molecule has 1 aromatic carbocycles. The summed E-state index contributed by atoms with van der Waals surface area (Å²) in [5.41, 5.74) is 1.11.